The van der Waals surface area contributed by atoms with E-state index in [1.807, 2.05) is 0 Å². The van der Waals surface area contributed by atoms with Gasteiger partial charge in [0, 0.05) is 25.7 Å². The second-order valence-corrected chi connectivity index (χ2v) is 32.6. The molecule has 0 aromatic rings. The van der Waals surface area contributed by atoms with Crippen LogP contribution in [0.5, 0.6) is 0 Å². The molecule has 0 bridgehead atoms. The summed E-state index contributed by atoms with van der Waals surface area (Å²) in [6.07, 6.45) is 51.3. The van der Waals surface area contributed by atoms with Gasteiger partial charge in [0.25, 0.3) is 0 Å². The fourth-order valence-electron chi connectivity index (χ4n) is 11.7. The molecule has 0 aromatic carbocycles. The molecule has 0 rings (SSSR count). The monoisotopic (exact) mass is 1410 g/mol. The van der Waals surface area contributed by atoms with Crippen LogP contribution < -0.4 is 0 Å². The lowest BCUT2D eigenvalue weighted by atomic mass is 10.0. The van der Waals surface area contributed by atoms with Gasteiger partial charge in [-0.15, -0.1) is 0 Å². The third-order valence-corrected chi connectivity index (χ3v) is 19.7. The Hall–Kier alpha value is -1.94. The van der Waals surface area contributed by atoms with Crippen LogP contribution >= 0.6 is 15.6 Å². The predicted molar refractivity (Wildman–Crippen MR) is 391 cm³/mol. The Balaban J connectivity index is 5.27. The molecule has 0 radical (unpaired) electrons. The van der Waals surface area contributed by atoms with Gasteiger partial charge in [-0.05, 0) is 49.4 Å². The predicted octanol–water partition coefficient (Wildman–Crippen LogP) is 22.4. The van der Waals surface area contributed by atoms with Crippen molar-refractivity contribution < 1.29 is 80.2 Å². The molecule has 5 atom stereocenters. The summed E-state index contributed by atoms with van der Waals surface area (Å²) >= 11 is 0. The molecule has 570 valence electrons. The fraction of sp³-hybridized carbons (Fsp3) is 0.948. The lowest BCUT2D eigenvalue weighted by Gasteiger charge is -2.21. The van der Waals surface area contributed by atoms with Crippen molar-refractivity contribution in [1.82, 2.24) is 0 Å². The van der Waals surface area contributed by atoms with Crippen molar-refractivity contribution in [3.8, 4) is 0 Å². The minimum atomic E-state index is -4.96. The third kappa shape index (κ3) is 70.5. The summed E-state index contributed by atoms with van der Waals surface area (Å²) in [4.78, 5) is 72.9. The van der Waals surface area contributed by atoms with E-state index in [2.05, 4.69) is 55.4 Å². The van der Waals surface area contributed by atoms with E-state index < -0.39 is 97.5 Å². The molecule has 3 N–H and O–H groups in total. The van der Waals surface area contributed by atoms with E-state index in [9.17, 15) is 43.2 Å². The van der Waals surface area contributed by atoms with E-state index in [-0.39, 0.29) is 25.7 Å². The molecule has 0 aliphatic rings. The van der Waals surface area contributed by atoms with Gasteiger partial charge in [0.15, 0.2) is 12.2 Å². The molecule has 0 aliphatic heterocycles. The van der Waals surface area contributed by atoms with Crippen LogP contribution in [0.1, 0.15) is 389 Å². The number of aliphatic hydroxyl groups excluding tert-OH is 1. The van der Waals surface area contributed by atoms with Gasteiger partial charge in [0.1, 0.15) is 19.3 Å². The van der Waals surface area contributed by atoms with Crippen LogP contribution in [-0.4, -0.2) is 96.7 Å². The summed E-state index contributed by atoms with van der Waals surface area (Å²) < 4.78 is 68.6. The maximum Gasteiger partial charge on any atom is 0.472 e. The second-order valence-electron chi connectivity index (χ2n) is 29.7. The first-order valence-corrected chi connectivity index (χ1v) is 42.7. The highest BCUT2D eigenvalue weighted by Crippen LogP contribution is 2.45. The number of unbranched alkanes of at least 4 members (excludes halogenated alkanes) is 40. The molecule has 0 saturated heterocycles. The Morgan fingerprint density at radius 1 is 0.260 bits per heavy atom. The second kappa shape index (κ2) is 66.3. The molecule has 19 heteroatoms. The normalized spacial score (nSPS) is 14.1. The van der Waals surface area contributed by atoms with Gasteiger partial charge in [0.2, 0.25) is 0 Å². The molecule has 96 heavy (non-hydrogen) atoms. The van der Waals surface area contributed by atoms with E-state index in [1.54, 1.807) is 0 Å². The topological polar surface area (TPSA) is 237 Å². The van der Waals surface area contributed by atoms with Crippen molar-refractivity contribution in [3.63, 3.8) is 0 Å². The van der Waals surface area contributed by atoms with Gasteiger partial charge < -0.3 is 33.8 Å². The summed E-state index contributed by atoms with van der Waals surface area (Å²) in [6.45, 7) is 14.2. The van der Waals surface area contributed by atoms with Gasteiger partial charge in [-0.25, -0.2) is 9.13 Å². The van der Waals surface area contributed by atoms with Crippen molar-refractivity contribution in [2.75, 3.05) is 39.6 Å². The molecule has 0 amide bonds. The average Bonchev–Trinajstić information content (AvgIpc) is 3.63. The summed E-state index contributed by atoms with van der Waals surface area (Å²) in [5.74, 6) is 0.939. The quantitative estimate of drug-likeness (QED) is 0.0222. The zero-order valence-electron chi connectivity index (χ0n) is 63.0. The third-order valence-electron chi connectivity index (χ3n) is 17.8. The molecule has 17 nitrogen and oxygen atoms in total. The highest BCUT2D eigenvalue weighted by molar-refractivity contribution is 7.47. The zero-order valence-corrected chi connectivity index (χ0v) is 64.8. The standard InChI is InChI=1S/C77H150O17P2/c1-67(2)53-45-37-29-21-15-11-9-10-12-18-25-35-43-51-59-76(81)93-72(63-87-74(79)57-49-41-33-24-19-13-16-22-30-38-46-54-68(3)4)65-91-95(83,84)89-61-71(78)62-90-96(85,86)92-66-73(64-88-75(80)58-50-42-34-28-27-32-40-48-56-70(7)8)94-77(82)60-52-44-36-26-20-14-17-23-31-39-47-55-69(5)6/h67-73,78H,9-66H2,1-8H3,(H,83,84)(H,85,86)/t71?,72-,73-/m1/s1. The number of esters is 4. The highest BCUT2D eigenvalue weighted by Gasteiger charge is 2.30. The molecule has 3 unspecified atom stereocenters. The van der Waals surface area contributed by atoms with Crippen LogP contribution in [0.4, 0.5) is 0 Å². The van der Waals surface area contributed by atoms with Gasteiger partial charge in [-0.3, -0.25) is 37.3 Å². The number of phosphoric ester groups is 2. The van der Waals surface area contributed by atoms with Crippen molar-refractivity contribution in [2.24, 2.45) is 23.7 Å². The van der Waals surface area contributed by atoms with E-state index in [0.29, 0.717) is 25.7 Å². The molecular formula is C77H150O17P2. The Morgan fingerprint density at radius 2 is 0.438 bits per heavy atom. The molecule has 0 spiro atoms. The number of carbonyl (C=O) groups is 4. The van der Waals surface area contributed by atoms with Gasteiger partial charge in [-0.2, -0.15) is 0 Å². The van der Waals surface area contributed by atoms with Gasteiger partial charge in [-0.1, -0.05) is 338 Å². The zero-order chi connectivity index (χ0) is 71.0. The van der Waals surface area contributed by atoms with Crippen molar-refractivity contribution in [3.05, 3.63) is 0 Å². The van der Waals surface area contributed by atoms with Crippen LogP contribution in [0.3, 0.4) is 0 Å². The van der Waals surface area contributed by atoms with Crippen LogP contribution in [-0.2, 0) is 65.4 Å². The Bertz CT molecular complexity index is 1880. The lowest BCUT2D eigenvalue weighted by Crippen LogP contribution is -2.30. The summed E-state index contributed by atoms with van der Waals surface area (Å²) in [5.41, 5.74) is 0. The Labute approximate surface area is 588 Å². The SMILES string of the molecule is CC(C)CCCCCCCCCCCCCCCCC(=O)O[C@H](COC(=O)CCCCCCCCCCCCCC(C)C)COP(=O)(O)OCC(O)COP(=O)(O)OC[C@@H](COC(=O)CCCCCCCCCCC(C)C)OC(=O)CCCCCCCCCCCCCC(C)C. The molecule has 0 heterocycles. The molecule has 0 fully saturated rings. The van der Waals surface area contributed by atoms with E-state index in [1.165, 1.54) is 193 Å². The Kier molecular flexibility index (Phi) is 65.0. The van der Waals surface area contributed by atoms with Crippen LogP contribution in [0.2, 0.25) is 0 Å². The number of hydrogen-bond acceptors (Lipinski definition) is 15. The number of aliphatic hydroxyl groups is 1. The average molecular weight is 1410 g/mol. The number of phosphoric acid groups is 2. The van der Waals surface area contributed by atoms with Crippen molar-refractivity contribution in [1.29, 1.82) is 0 Å². The first-order chi connectivity index (χ1) is 46.1. The maximum atomic E-state index is 13.1. The fourth-order valence-corrected chi connectivity index (χ4v) is 13.3. The van der Waals surface area contributed by atoms with Crippen molar-refractivity contribution >= 4 is 39.5 Å². The van der Waals surface area contributed by atoms with Crippen LogP contribution in [0.15, 0.2) is 0 Å². The van der Waals surface area contributed by atoms with Gasteiger partial charge in [0.05, 0.1) is 26.4 Å². The molecular weight excluding hydrogens is 1260 g/mol. The van der Waals surface area contributed by atoms with E-state index in [4.69, 9.17) is 37.0 Å². The summed E-state index contributed by atoms with van der Waals surface area (Å²) in [7, 11) is -9.92. The molecule has 0 aromatic heterocycles. The summed E-state index contributed by atoms with van der Waals surface area (Å²) in [6, 6.07) is 0. The molecule has 0 saturated carbocycles. The minimum Gasteiger partial charge on any atom is -0.462 e. The van der Waals surface area contributed by atoms with Crippen LogP contribution in [0.25, 0.3) is 0 Å². The lowest BCUT2D eigenvalue weighted by molar-refractivity contribution is -0.161. The van der Waals surface area contributed by atoms with E-state index in [0.717, 1.165) is 114 Å². The molecule has 0 aliphatic carbocycles. The number of ether oxygens (including phenoxy) is 4. The largest absolute Gasteiger partial charge is 0.472 e. The first kappa shape index (κ1) is 94.1. The number of rotatable bonds is 74. The smallest absolute Gasteiger partial charge is 0.462 e. The number of carbonyl (C=O) groups excluding carboxylic acids is 4. The minimum absolute atomic E-state index is 0.106. The first-order valence-electron chi connectivity index (χ1n) is 39.7. The Morgan fingerprint density at radius 3 is 0.646 bits per heavy atom. The highest BCUT2D eigenvalue weighted by atomic mass is 31.2. The van der Waals surface area contributed by atoms with Crippen LogP contribution in [0, 0.1) is 23.7 Å². The van der Waals surface area contributed by atoms with Gasteiger partial charge >= 0.3 is 39.5 Å². The summed E-state index contributed by atoms with van der Waals surface area (Å²) in [5, 5.41) is 10.6. The van der Waals surface area contributed by atoms with Crippen molar-refractivity contribution in [2.45, 2.75) is 408 Å². The van der Waals surface area contributed by atoms with E-state index >= 15 is 0 Å². The number of hydrogen-bond donors (Lipinski definition) is 3. The maximum absolute atomic E-state index is 13.1.